The maximum atomic E-state index is 11.3. The minimum Gasteiger partial charge on any atom is -0.481 e. The lowest BCUT2D eigenvalue weighted by molar-refractivity contribution is -0.143. The van der Waals surface area contributed by atoms with Crippen molar-refractivity contribution in [2.24, 2.45) is 5.92 Å². The molecular formula is C16H23NO3. The highest BCUT2D eigenvalue weighted by atomic mass is 16.5. The number of hydrogen-bond acceptors (Lipinski definition) is 3. The predicted octanol–water partition coefficient (Wildman–Crippen LogP) is 2.40. The normalized spacial score (nSPS) is 24.1. The van der Waals surface area contributed by atoms with Crippen LogP contribution in [0.3, 0.4) is 0 Å². The third-order valence-electron chi connectivity index (χ3n) is 4.39. The van der Waals surface area contributed by atoms with Crippen molar-refractivity contribution in [3.8, 4) is 0 Å². The minimum absolute atomic E-state index is 0.0672. The summed E-state index contributed by atoms with van der Waals surface area (Å²) in [5, 5.41) is 9.28. The Kier molecular flexibility index (Phi) is 4.45. The molecule has 3 unspecified atom stereocenters. The number of rotatable bonds is 4. The molecule has 0 amide bonds. The molecule has 1 aliphatic heterocycles. The molecule has 4 nitrogen and oxygen atoms in total. The summed E-state index contributed by atoms with van der Waals surface area (Å²) in [7, 11) is 1.99. The molecule has 110 valence electrons. The zero-order valence-corrected chi connectivity index (χ0v) is 12.6. The van der Waals surface area contributed by atoms with E-state index in [2.05, 4.69) is 43.9 Å². The van der Waals surface area contributed by atoms with Crippen molar-refractivity contribution in [2.75, 3.05) is 20.3 Å². The van der Waals surface area contributed by atoms with Gasteiger partial charge in [-0.25, -0.2) is 0 Å². The fourth-order valence-electron chi connectivity index (χ4n) is 2.90. The van der Waals surface area contributed by atoms with Crippen LogP contribution in [0.5, 0.6) is 0 Å². The van der Waals surface area contributed by atoms with E-state index in [1.54, 1.807) is 0 Å². The predicted molar refractivity (Wildman–Crippen MR) is 77.8 cm³/mol. The minimum atomic E-state index is -0.771. The Morgan fingerprint density at radius 1 is 1.40 bits per heavy atom. The lowest BCUT2D eigenvalue weighted by Crippen LogP contribution is -2.42. The summed E-state index contributed by atoms with van der Waals surface area (Å²) in [6, 6.07) is 6.51. The van der Waals surface area contributed by atoms with Gasteiger partial charge < -0.3 is 9.84 Å². The van der Waals surface area contributed by atoms with Gasteiger partial charge in [0, 0.05) is 12.1 Å². The topological polar surface area (TPSA) is 49.8 Å². The van der Waals surface area contributed by atoms with E-state index < -0.39 is 11.9 Å². The molecule has 0 saturated carbocycles. The van der Waals surface area contributed by atoms with Gasteiger partial charge in [0.25, 0.3) is 0 Å². The fraction of sp³-hybridized carbons (Fsp3) is 0.562. The van der Waals surface area contributed by atoms with Crippen molar-refractivity contribution in [2.45, 2.75) is 32.9 Å². The second kappa shape index (κ2) is 5.94. The number of carboxylic acid groups (broad SMARTS) is 1. The van der Waals surface area contributed by atoms with Crippen molar-refractivity contribution in [3.63, 3.8) is 0 Å². The van der Waals surface area contributed by atoms with Crippen LogP contribution in [0.1, 0.15) is 29.7 Å². The Labute approximate surface area is 120 Å². The smallest absolute Gasteiger partial charge is 0.310 e. The van der Waals surface area contributed by atoms with Crippen LogP contribution in [0.25, 0.3) is 0 Å². The van der Waals surface area contributed by atoms with Crippen molar-refractivity contribution in [3.05, 3.63) is 34.9 Å². The lowest BCUT2D eigenvalue weighted by atomic mass is 9.95. The summed E-state index contributed by atoms with van der Waals surface area (Å²) in [5.41, 5.74) is 3.72. The van der Waals surface area contributed by atoms with E-state index in [9.17, 15) is 9.90 Å². The molecular weight excluding hydrogens is 254 g/mol. The molecule has 1 saturated heterocycles. The Bertz CT molecular complexity index is 500. The number of likely N-dealkylation sites (N-methyl/N-ethyl adjacent to an activating group) is 1. The van der Waals surface area contributed by atoms with Crippen LogP contribution < -0.4 is 0 Å². The Balaban J connectivity index is 2.21. The van der Waals surface area contributed by atoms with Gasteiger partial charge in [0.15, 0.2) is 0 Å². The summed E-state index contributed by atoms with van der Waals surface area (Å²) in [6.45, 7) is 7.10. The molecule has 20 heavy (non-hydrogen) atoms. The maximum Gasteiger partial charge on any atom is 0.310 e. The zero-order chi connectivity index (χ0) is 14.9. The van der Waals surface area contributed by atoms with Gasteiger partial charge in [-0.2, -0.15) is 0 Å². The first-order valence-electron chi connectivity index (χ1n) is 7.01. The summed E-state index contributed by atoms with van der Waals surface area (Å²) in [6.07, 6.45) is 0. The quantitative estimate of drug-likeness (QED) is 0.918. The summed E-state index contributed by atoms with van der Waals surface area (Å²) < 4.78 is 5.37. The molecule has 1 aromatic rings. The number of ether oxygens (including phenoxy) is 1. The molecule has 0 radical (unpaired) electrons. The van der Waals surface area contributed by atoms with Crippen LogP contribution in [0.15, 0.2) is 18.2 Å². The zero-order valence-electron chi connectivity index (χ0n) is 12.6. The van der Waals surface area contributed by atoms with E-state index >= 15 is 0 Å². The summed E-state index contributed by atoms with van der Waals surface area (Å²) in [4.78, 5) is 13.4. The maximum absolute atomic E-state index is 11.3. The van der Waals surface area contributed by atoms with Crippen LogP contribution in [-0.2, 0) is 9.53 Å². The van der Waals surface area contributed by atoms with Crippen molar-refractivity contribution >= 4 is 5.97 Å². The lowest BCUT2D eigenvalue weighted by Gasteiger charge is -2.33. The second-order valence-electron chi connectivity index (χ2n) is 5.75. The number of aryl methyl sites for hydroxylation is 2. The number of nitrogens with zero attached hydrogens (tertiary/aromatic N) is 1. The van der Waals surface area contributed by atoms with Gasteiger partial charge in [0.05, 0.1) is 19.1 Å². The van der Waals surface area contributed by atoms with Crippen molar-refractivity contribution in [1.82, 2.24) is 4.90 Å². The molecule has 4 heteroatoms. The molecule has 1 heterocycles. The van der Waals surface area contributed by atoms with Crippen LogP contribution in [-0.4, -0.2) is 42.3 Å². The van der Waals surface area contributed by atoms with E-state index in [-0.39, 0.29) is 12.1 Å². The van der Waals surface area contributed by atoms with Gasteiger partial charge >= 0.3 is 5.97 Å². The highest BCUT2D eigenvalue weighted by Gasteiger charge is 2.38. The van der Waals surface area contributed by atoms with E-state index in [4.69, 9.17) is 4.74 Å². The van der Waals surface area contributed by atoms with Gasteiger partial charge in [0.2, 0.25) is 0 Å². The van der Waals surface area contributed by atoms with E-state index in [0.29, 0.717) is 13.2 Å². The third kappa shape index (κ3) is 2.86. The number of carbonyl (C=O) groups is 1. The molecule has 2 rings (SSSR count). The SMILES string of the molecule is Cc1ccc(C)c(C(C)N(C)C2COCC2C(=O)O)c1. The molecule has 0 aliphatic carbocycles. The van der Waals surface area contributed by atoms with Gasteiger partial charge in [-0.05, 0) is 38.9 Å². The average Bonchev–Trinajstić information content (AvgIpc) is 2.89. The molecule has 3 atom stereocenters. The van der Waals surface area contributed by atoms with Crippen LogP contribution in [0.2, 0.25) is 0 Å². The van der Waals surface area contributed by atoms with E-state index in [1.165, 1.54) is 16.7 Å². The average molecular weight is 277 g/mol. The first kappa shape index (κ1) is 15.0. The Morgan fingerprint density at radius 3 is 2.75 bits per heavy atom. The van der Waals surface area contributed by atoms with Gasteiger partial charge in [-0.1, -0.05) is 23.8 Å². The molecule has 1 aliphatic rings. The second-order valence-corrected chi connectivity index (χ2v) is 5.75. The van der Waals surface area contributed by atoms with Crippen LogP contribution in [0.4, 0.5) is 0 Å². The monoisotopic (exact) mass is 277 g/mol. The fourth-order valence-corrected chi connectivity index (χ4v) is 2.90. The van der Waals surface area contributed by atoms with Crippen LogP contribution >= 0.6 is 0 Å². The van der Waals surface area contributed by atoms with Crippen LogP contribution in [0, 0.1) is 19.8 Å². The number of aliphatic carboxylic acids is 1. The highest BCUT2D eigenvalue weighted by molar-refractivity contribution is 5.71. The molecule has 1 N–H and O–H groups in total. The van der Waals surface area contributed by atoms with Gasteiger partial charge in [-0.3, -0.25) is 9.69 Å². The Hall–Kier alpha value is -1.39. The first-order valence-corrected chi connectivity index (χ1v) is 7.01. The third-order valence-corrected chi connectivity index (χ3v) is 4.39. The largest absolute Gasteiger partial charge is 0.481 e. The summed E-state index contributed by atoms with van der Waals surface area (Å²) in [5.74, 6) is -1.21. The molecule has 0 bridgehead atoms. The molecule has 0 spiro atoms. The molecule has 1 fully saturated rings. The number of carboxylic acids is 1. The van der Waals surface area contributed by atoms with E-state index in [1.807, 2.05) is 7.05 Å². The number of benzene rings is 1. The van der Waals surface area contributed by atoms with Gasteiger partial charge in [0.1, 0.15) is 0 Å². The standard InChI is InChI=1S/C16H23NO3/c1-10-5-6-11(2)13(7-10)12(3)17(4)15-9-20-8-14(15)16(18)19/h5-7,12,14-15H,8-9H2,1-4H3,(H,18,19). The van der Waals surface area contributed by atoms with Crippen molar-refractivity contribution < 1.29 is 14.6 Å². The van der Waals surface area contributed by atoms with Crippen molar-refractivity contribution in [1.29, 1.82) is 0 Å². The molecule has 1 aromatic carbocycles. The first-order chi connectivity index (χ1) is 9.41. The van der Waals surface area contributed by atoms with E-state index in [0.717, 1.165) is 0 Å². The number of hydrogen-bond donors (Lipinski definition) is 1. The van der Waals surface area contributed by atoms with Gasteiger partial charge in [-0.15, -0.1) is 0 Å². The highest BCUT2D eigenvalue weighted by Crippen LogP contribution is 2.29. The molecule has 0 aromatic heterocycles. The summed E-state index contributed by atoms with van der Waals surface area (Å²) >= 11 is 0. The Morgan fingerprint density at radius 2 is 2.10 bits per heavy atom.